The molecule has 1 aliphatic rings. The molecular weight excluding hydrogens is 216 g/mol. The maximum absolute atomic E-state index is 11.7. The molecule has 0 atom stereocenters. The number of nitrogens with zero attached hydrogens (tertiary/aromatic N) is 1. The van der Waals surface area contributed by atoms with Gasteiger partial charge >= 0.3 is 0 Å². The Bertz CT molecular complexity index is 413. The predicted molar refractivity (Wildman–Crippen MR) is 65.6 cm³/mol. The number of amides is 2. The third-order valence-corrected chi connectivity index (χ3v) is 2.69. The monoisotopic (exact) mass is 232 g/mol. The lowest BCUT2D eigenvalue weighted by Crippen LogP contribution is -2.40. The van der Waals surface area contributed by atoms with Crippen LogP contribution in [-0.2, 0) is 9.59 Å². The van der Waals surface area contributed by atoms with Gasteiger partial charge in [0.25, 0.3) is 0 Å². The number of carbonyl (C=O) groups is 2. The van der Waals surface area contributed by atoms with Crippen molar-refractivity contribution in [3.8, 4) is 0 Å². The molecule has 1 aromatic carbocycles. The molecule has 17 heavy (non-hydrogen) atoms. The van der Waals surface area contributed by atoms with Crippen LogP contribution in [0.5, 0.6) is 0 Å². The fourth-order valence-corrected chi connectivity index (χ4v) is 1.64. The van der Waals surface area contributed by atoms with E-state index in [9.17, 15) is 9.59 Å². The van der Waals surface area contributed by atoms with Crippen molar-refractivity contribution in [2.75, 3.05) is 11.4 Å². The van der Waals surface area contributed by atoms with Gasteiger partial charge in [-0.05, 0) is 25.0 Å². The third-order valence-electron chi connectivity index (χ3n) is 2.69. The van der Waals surface area contributed by atoms with Crippen molar-refractivity contribution in [2.24, 2.45) is 0 Å². The summed E-state index contributed by atoms with van der Waals surface area (Å²) in [6, 6.07) is 9.56. The van der Waals surface area contributed by atoms with Crippen LogP contribution in [-0.4, -0.2) is 24.4 Å². The predicted octanol–water partition coefficient (Wildman–Crippen LogP) is 1.32. The molecule has 1 fully saturated rings. The van der Waals surface area contributed by atoms with Crippen molar-refractivity contribution in [1.29, 1.82) is 0 Å². The molecule has 1 N–H and O–H groups in total. The highest BCUT2D eigenvalue weighted by Crippen LogP contribution is 2.19. The van der Waals surface area contributed by atoms with E-state index in [1.165, 1.54) is 11.8 Å². The van der Waals surface area contributed by atoms with Gasteiger partial charge in [0.15, 0.2) is 0 Å². The summed E-state index contributed by atoms with van der Waals surface area (Å²) in [5.74, 6) is -0.214. The van der Waals surface area contributed by atoms with Gasteiger partial charge in [-0.25, -0.2) is 0 Å². The van der Waals surface area contributed by atoms with E-state index in [-0.39, 0.29) is 18.4 Å². The van der Waals surface area contributed by atoms with Gasteiger partial charge in [-0.3, -0.25) is 9.59 Å². The normalized spacial score (nSPS) is 14.2. The van der Waals surface area contributed by atoms with E-state index in [0.29, 0.717) is 6.04 Å². The number of benzene rings is 1. The maximum Gasteiger partial charge on any atom is 0.240 e. The first kappa shape index (κ1) is 11.6. The van der Waals surface area contributed by atoms with E-state index in [0.717, 1.165) is 18.5 Å². The first-order valence-corrected chi connectivity index (χ1v) is 5.79. The van der Waals surface area contributed by atoms with Gasteiger partial charge in [0.2, 0.25) is 11.8 Å². The van der Waals surface area contributed by atoms with E-state index in [4.69, 9.17) is 0 Å². The Labute approximate surface area is 101 Å². The van der Waals surface area contributed by atoms with Gasteiger partial charge in [-0.2, -0.15) is 0 Å². The Morgan fingerprint density at radius 3 is 2.47 bits per heavy atom. The summed E-state index contributed by atoms with van der Waals surface area (Å²) in [6.45, 7) is 1.56. The van der Waals surface area contributed by atoms with E-state index in [1.54, 1.807) is 0 Å². The quantitative estimate of drug-likeness (QED) is 0.851. The van der Waals surface area contributed by atoms with Crippen LogP contribution < -0.4 is 10.2 Å². The minimum atomic E-state index is -0.123. The van der Waals surface area contributed by atoms with Gasteiger partial charge in [0.1, 0.15) is 6.54 Å². The molecule has 1 aliphatic carbocycles. The first-order chi connectivity index (χ1) is 8.16. The van der Waals surface area contributed by atoms with Gasteiger partial charge < -0.3 is 10.2 Å². The average Bonchev–Trinajstić information content (AvgIpc) is 3.10. The number of nitrogens with one attached hydrogen (secondary N) is 1. The minimum absolute atomic E-state index is 0.0912. The van der Waals surface area contributed by atoms with Gasteiger partial charge in [0.05, 0.1) is 0 Å². The molecule has 90 valence electrons. The number of hydrogen-bond donors (Lipinski definition) is 1. The average molecular weight is 232 g/mol. The fraction of sp³-hybridized carbons (Fsp3) is 0.385. The first-order valence-electron chi connectivity index (χ1n) is 5.79. The largest absolute Gasteiger partial charge is 0.352 e. The summed E-state index contributed by atoms with van der Waals surface area (Å²) in [6.07, 6.45) is 2.11. The molecule has 0 spiro atoms. The molecule has 0 aromatic heterocycles. The summed E-state index contributed by atoms with van der Waals surface area (Å²) in [5.41, 5.74) is 0.756. The summed E-state index contributed by atoms with van der Waals surface area (Å²) >= 11 is 0. The van der Waals surface area contributed by atoms with E-state index < -0.39 is 0 Å². The van der Waals surface area contributed by atoms with Gasteiger partial charge in [-0.15, -0.1) is 0 Å². The van der Waals surface area contributed by atoms with Crippen molar-refractivity contribution < 1.29 is 9.59 Å². The minimum Gasteiger partial charge on any atom is -0.352 e. The van der Waals surface area contributed by atoms with Crippen molar-refractivity contribution in [3.05, 3.63) is 30.3 Å². The highest BCUT2D eigenvalue weighted by molar-refractivity contribution is 5.97. The molecule has 0 aliphatic heterocycles. The molecular formula is C13H16N2O2. The molecule has 4 nitrogen and oxygen atoms in total. The number of hydrogen-bond acceptors (Lipinski definition) is 2. The maximum atomic E-state index is 11.7. The molecule has 0 unspecified atom stereocenters. The third kappa shape index (κ3) is 3.31. The van der Waals surface area contributed by atoms with Crippen molar-refractivity contribution in [1.82, 2.24) is 5.32 Å². The summed E-state index contributed by atoms with van der Waals surface area (Å²) in [7, 11) is 0. The molecule has 1 aromatic rings. The Kier molecular flexibility index (Phi) is 3.42. The summed E-state index contributed by atoms with van der Waals surface area (Å²) in [5, 5.41) is 2.88. The van der Waals surface area contributed by atoms with Crippen LogP contribution >= 0.6 is 0 Å². The Hall–Kier alpha value is -1.84. The molecule has 2 amide bonds. The molecule has 0 radical (unpaired) electrons. The molecule has 0 saturated heterocycles. The zero-order chi connectivity index (χ0) is 12.3. The molecule has 1 saturated carbocycles. The summed E-state index contributed by atoms with van der Waals surface area (Å²) < 4.78 is 0. The smallest absolute Gasteiger partial charge is 0.240 e. The highest BCUT2D eigenvalue weighted by atomic mass is 16.2. The van der Waals surface area contributed by atoms with Crippen LogP contribution in [0, 0.1) is 0 Å². The molecule has 2 rings (SSSR count). The standard InChI is InChI=1S/C13H16N2O2/c1-10(16)15(12-5-3-2-4-6-12)9-13(17)14-11-7-8-11/h2-6,11H,7-9H2,1H3,(H,14,17). The van der Waals surface area contributed by atoms with Gasteiger partial charge in [0, 0.05) is 18.7 Å². The van der Waals surface area contributed by atoms with Crippen molar-refractivity contribution in [3.63, 3.8) is 0 Å². The van der Waals surface area contributed by atoms with Crippen LogP contribution in [0.2, 0.25) is 0 Å². The van der Waals surface area contributed by atoms with Crippen LogP contribution in [0.15, 0.2) is 30.3 Å². The second-order valence-corrected chi connectivity index (χ2v) is 4.28. The molecule has 4 heteroatoms. The van der Waals surface area contributed by atoms with Crippen LogP contribution in [0.4, 0.5) is 5.69 Å². The Morgan fingerprint density at radius 1 is 1.29 bits per heavy atom. The Balaban J connectivity index is 2.02. The van der Waals surface area contributed by atoms with E-state index >= 15 is 0 Å². The lowest BCUT2D eigenvalue weighted by Gasteiger charge is -2.20. The second-order valence-electron chi connectivity index (χ2n) is 4.28. The van der Waals surface area contributed by atoms with Crippen LogP contribution in [0.1, 0.15) is 19.8 Å². The topological polar surface area (TPSA) is 49.4 Å². The van der Waals surface area contributed by atoms with Crippen LogP contribution in [0.3, 0.4) is 0 Å². The molecule has 0 bridgehead atoms. The van der Waals surface area contributed by atoms with E-state index in [1.807, 2.05) is 30.3 Å². The lowest BCUT2D eigenvalue weighted by atomic mass is 10.3. The number of para-hydroxylation sites is 1. The second kappa shape index (κ2) is 4.99. The van der Waals surface area contributed by atoms with E-state index in [2.05, 4.69) is 5.32 Å². The number of rotatable bonds is 4. The van der Waals surface area contributed by atoms with Crippen molar-refractivity contribution in [2.45, 2.75) is 25.8 Å². The highest BCUT2D eigenvalue weighted by Gasteiger charge is 2.24. The number of carbonyl (C=O) groups excluding carboxylic acids is 2. The zero-order valence-corrected chi connectivity index (χ0v) is 9.85. The zero-order valence-electron chi connectivity index (χ0n) is 9.85. The van der Waals surface area contributed by atoms with Gasteiger partial charge in [-0.1, -0.05) is 18.2 Å². The number of anilines is 1. The fourth-order valence-electron chi connectivity index (χ4n) is 1.64. The molecule has 0 heterocycles. The Morgan fingerprint density at radius 2 is 1.94 bits per heavy atom. The van der Waals surface area contributed by atoms with Crippen LogP contribution in [0.25, 0.3) is 0 Å². The SMILES string of the molecule is CC(=O)N(CC(=O)NC1CC1)c1ccccc1. The lowest BCUT2D eigenvalue weighted by molar-refractivity contribution is -0.123. The van der Waals surface area contributed by atoms with Crippen molar-refractivity contribution >= 4 is 17.5 Å². The summed E-state index contributed by atoms with van der Waals surface area (Å²) in [4.78, 5) is 24.7.